The van der Waals surface area contributed by atoms with Gasteiger partial charge in [-0.05, 0) is 73.6 Å². The molecule has 1 aliphatic carbocycles. The van der Waals surface area contributed by atoms with Crippen LogP contribution < -0.4 is 14.2 Å². The van der Waals surface area contributed by atoms with Gasteiger partial charge < -0.3 is 14.2 Å². The highest BCUT2D eigenvalue weighted by Crippen LogP contribution is 2.34. The van der Waals surface area contributed by atoms with Crippen LogP contribution in [0.2, 0.25) is 5.02 Å². The quantitative estimate of drug-likeness (QED) is 0.0699. The molecule has 0 unspecified atom stereocenters. The topological polar surface area (TPSA) is 44.8 Å². The lowest BCUT2D eigenvalue weighted by Gasteiger charge is -2.28. The molecule has 0 N–H and O–H groups in total. The van der Waals surface area contributed by atoms with Crippen LogP contribution in [0.4, 0.5) is 0 Å². The summed E-state index contributed by atoms with van der Waals surface area (Å²) in [6, 6.07) is 12.4. The fraction of sp³-hybridized carbons (Fsp3) is 0.667. The summed E-state index contributed by atoms with van der Waals surface area (Å²) in [6.45, 7) is 5.93. The first-order chi connectivity index (χ1) is 21.6. The smallest absolute Gasteiger partial charge is 0.345 e. The highest BCUT2D eigenvalue weighted by atomic mass is 35.5. The first kappa shape index (κ1) is 36.3. The van der Waals surface area contributed by atoms with Crippen LogP contribution in [0.25, 0.3) is 0 Å². The highest BCUT2D eigenvalue weighted by molar-refractivity contribution is 6.33. The van der Waals surface area contributed by atoms with Gasteiger partial charge in [-0.15, -0.1) is 0 Å². The minimum atomic E-state index is -0.481. The van der Waals surface area contributed by atoms with E-state index >= 15 is 0 Å². The summed E-state index contributed by atoms with van der Waals surface area (Å²) in [5.74, 6) is 3.29. The van der Waals surface area contributed by atoms with Gasteiger partial charge in [-0.3, -0.25) is 0 Å². The zero-order valence-corrected chi connectivity index (χ0v) is 28.5. The van der Waals surface area contributed by atoms with Gasteiger partial charge in [-0.25, -0.2) is 4.79 Å². The molecule has 1 aliphatic rings. The number of hydrogen-bond donors (Lipinski definition) is 0. The molecule has 2 aromatic carbocycles. The van der Waals surface area contributed by atoms with E-state index in [1.807, 2.05) is 12.1 Å². The molecule has 0 atom stereocenters. The maximum atomic E-state index is 12.8. The normalized spacial score (nSPS) is 16.5. The number of hydrogen-bond acceptors (Lipinski definition) is 4. The summed E-state index contributed by atoms with van der Waals surface area (Å²) in [5, 5.41) is 0.334. The Morgan fingerprint density at radius 2 is 1.09 bits per heavy atom. The zero-order chi connectivity index (χ0) is 31.2. The van der Waals surface area contributed by atoms with Crippen molar-refractivity contribution in [1.29, 1.82) is 0 Å². The molecule has 2 aromatic rings. The predicted octanol–water partition coefficient (Wildman–Crippen LogP) is 12.4. The van der Waals surface area contributed by atoms with Crippen molar-refractivity contribution in [2.45, 2.75) is 142 Å². The molecule has 4 nitrogen and oxygen atoms in total. The third kappa shape index (κ3) is 14.7. The molecule has 1 saturated carbocycles. The van der Waals surface area contributed by atoms with E-state index < -0.39 is 5.97 Å². The number of ether oxygens (including phenoxy) is 3. The van der Waals surface area contributed by atoms with Gasteiger partial charge >= 0.3 is 5.97 Å². The van der Waals surface area contributed by atoms with Crippen molar-refractivity contribution < 1.29 is 19.0 Å². The Balaban J connectivity index is 1.26. The number of unbranched alkanes of at least 4 members (excludes halogenated alkanes) is 11. The summed E-state index contributed by atoms with van der Waals surface area (Å²) in [4.78, 5) is 12.8. The van der Waals surface area contributed by atoms with Gasteiger partial charge in [0.15, 0.2) is 0 Å². The van der Waals surface area contributed by atoms with Crippen LogP contribution in [0.5, 0.6) is 17.2 Å². The molecule has 5 heteroatoms. The summed E-state index contributed by atoms with van der Waals surface area (Å²) in [6.07, 6.45) is 26.4. The third-order valence-corrected chi connectivity index (χ3v) is 9.48. The van der Waals surface area contributed by atoms with Crippen molar-refractivity contribution in [3.63, 3.8) is 0 Å². The number of carbonyl (C=O) groups excluding carboxylic acids is 1. The van der Waals surface area contributed by atoms with Crippen LogP contribution in [0, 0.1) is 11.8 Å². The zero-order valence-electron chi connectivity index (χ0n) is 27.8. The van der Waals surface area contributed by atoms with E-state index in [1.165, 1.54) is 116 Å². The van der Waals surface area contributed by atoms with Gasteiger partial charge in [0.05, 0.1) is 23.8 Å². The number of rotatable bonds is 23. The summed E-state index contributed by atoms with van der Waals surface area (Å²) in [7, 11) is 0. The minimum absolute atomic E-state index is 0.327. The molecule has 0 spiro atoms. The molecule has 0 saturated heterocycles. The molecule has 0 aromatic heterocycles. The Labute approximate surface area is 273 Å². The lowest BCUT2D eigenvalue weighted by atomic mass is 9.78. The van der Waals surface area contributed by atoms with Crippen molar-refractivity contribution >= 4 is 17.6 Å². The van der Waals surface area contributed by atoms with Crippen LogP contribution in [-0.2, 0) is 0 Å². The van der Waals surface area contributed by atoms with Gasteiger partial charge in [0.25, 0.3) is 0 Å². The lowest BCUT2D eigenvalue weighted by molar-refractivity contribution is 0.0734. The fourth-order valence-electron chi connectivity index (χ4n) is 6.35. The van der Waals surface area contributed by atoms with Gasteiger partial charge in [-0.2, -0.15) is 0 Å². The van der Waals surface area contributed by atoms with Crippen molar-refractivity contribution in [3.05, 3.63) is 53.1 Å². The van der Waals surface area contributed by atoms with Crippen molar-refractivity contribution in [3.8, 4) is 17.2 Å². The third-order valence-electron chi connectivity index (χ3n) is 9.17. The molecule has 0 amide bonds. The molecule has 246 valence electrons. The fourth-order valence-corrected chi connectivity index (χ4v) is 6.60. The summed E-state index contributed by atoms with van der Waals surface area (Å²) >= 11 is 6.42. The Morgan fingerprint density at radius 1 is 0.614 bits per heavy atom. The lowest BCUT2D eigenvalue weighted by Crippen LogP contribution is -2.15. The van der Waals surface area contributed by atoms with Gasteiger partial charge in [-0.1, -0.05) is 135 Å². The molecule has 0 aliphatic heterocycles. The van der Waals surface area contributed by atoms with Gasteiger partial charge in [0, 0.05) is 0 Å². The Kier molecular flexibility index (Phi) is 18.4. The van der Waals surface area contributed by atoms with E-state index in [1.54, 1.807) is 30.3 Å². The van der Waals surface area contributed by atoms with E-state index in [0.717, 1.165) is 37.0 Å². The number of halogens is 1. The van der Waals surface area contributed by atoms with E-state index in [4.69, 9.17) is 25.8 Å². The van der Waals surface area contributed by atoms with Crippen LogP contribution >= 0.6 is 11.6 Å². The highest BCUT2D eigenvalue weighted by Gasteiger charge is 2.20. The minimum Gasteiger partial charge on any atom is -0.494 e. The second-order valence-corrected chi connectivity index (χ2v) is 13.3. The molecular formula is C39H59ClO4. The molecule has 0 radical (unpaired) electrons. The molecular weight excluding hydrogens is 568 g/mol. The van der Waals surface area contributed by atoms with Crippen molar-refractivity contribution in [1.82, 2.24) is 0 Å². The van der Waals surface area contributed by atoms with Crippen LogP contribution in [0.15, 0.2) is 42.5 Å². The van der Waals surface area contributed by atoms with Gasteiger partial charge in [0.1, 0.15) is 17.2 Å². The maximum Gasteiger partial charge on any atom is 0.345 e. The van der Waals surface area contributed by atoms with E-state index in [-0.39, 0.29) is 0 Å². The Bertz CT molecular complexity index is 1030. The van der Waals surface area contributed by atoms with Crippen molar-refractivity contribution in [2.24, 2.45) is 11.8 Å². The first-order valence-corrected chi connectivity index (χ1v) is 18.3. The second kappa shape index (κ2) is 22.3. The average Bonchev–Trinajstić information content (AvgIpc) is 3.03. The van der Waals surface area contributed by atoms with E-state index in [2.05, 4.69) is 13.8 Å². The number of benzene rings is 2. The van der Waals surface area contributed by atoms with Crippen LogP contribution in [0.3, 0.4) is 0 Å². The molecule has 44 heavy (non-hydrogen) atoms. The molecule has 0 bridgehead atoms. The summed E-state index contributed by atoms with van der Waals surface area (Å²) in [5.41, 5.74) is 0.327. The largest absolute Gasteiger partial charge is 0.494 e. The van der Waals surface area contributed by atoms with Crippen molar-refractivity contribution in [2.75, 3.05) is 13.2 Å². The first-order valence-electron chi connectivity index (χ1n) is 18.0. The summed E-state index contributed by atoms with van der Waals surface area (Å²) < 4.78 is 17.4. The molecule has 1 fully saturated rings. The second-order valence-electron chi connectivity index (χ2n) is 12.9. The van der Waals surface area contributed by atoms with Gasteiger partial charge in [0.2, 0.25) is 0 Å². The van der Waals surface area contributed by atoms with E-state index in [9.17, 15) is 4.79 Å². The maximum absolute atomic E-state index is 12.8. The van der Waals surface area contributed by atoms with Crippen LogP contribution in [0.1, 0.15) is 153 Å². The number of esters is 1. The molecule has 3 rings (SSSR count). The Morgan fingerprint density at radius 3 is 1.70 bits per heavy atom. The monoisotopic (exact) mass is 626 g/mol. The number of carbonyl (C=O) groups is 1. The SMILES string of the molecule is CCCCCCCCCCCCOc1ccc(C(=O)Oc2ccc(OCCCC3CCC(CCCCC)CC3)cc2)c(Cl)c1. The average molecular weight is 627 g/mol. The Hall–Kier alpha value is -2.20. The standard InChI is InChI=1S/C39H59ClO4/c1-3-5-7-8-9-10-11-12-13-15-29-43-36-27-28-37(38(40)31-36)39(41)44-35-25-23-34(24-26-35)42-30-16-18-33-21-19-32(20-22-33)17-14-6-4-2/h23-28,31-33H,3-22,29-30H2,1-2H3. The van der Waals surface area contributed by atoms with Crippen LogP contribution in [-0.4, -0.2) is 19.2 Å². The van der Waals surface area contributed by atoms with E-state index in [0.29, 0.717) is 28.7 Å². The molecule has 0 heterocycles. The predicted molar refractivity (Wildman–Crippen MR) is 185 cm³/mol.